The van der Waals surface area contributed by atoms with E-state index in [-0.39, 0.29) is 11.2 Å². The van der Waals surface area contributed by atoms with Crippen molar-refractivity contribution >= 4 is 68.1 Å². The molecule has 2 aromatic rings. The molecule has 25 heavy (non-hydrogen) atoms. The van der Waals surface area contributed by atoms with E-state index < -0.39 is 5.91 Å². The molecule has 0 radical (unpaired) electrons. The van der Waals surface area contributed by atoms with Crippen LogP contribution in [0.3, 0.4) is 0 Å². The van der Waals surface area contributed by atoms with E-state index >= 15 is 0 Å². The van der Waals surface area contributed by atoms with Gasteiger partial charge in [0.15, 0.2) is 5.11 Å². The number of ether oxygens (including phenoxy) is 1. The predicted octanol–water partition coefficient (Wildman–Crippen LogP) is 5.67. The minimum absolute atomic E-state index is 0.0697. The number of hydrogen-bond acceptors (Lipinski definition) is 3. The smallest absolute Gasteiger partial charge is 0.261 e. The summed E-state index contributed by atoms with van der Waals surface area (Å²) < 4.78 is 6.42. The second-order valence-corrected chi connectivity index (χ2v) is 7.45. The molecule has 0 saturated heterocycles. The zero-order chi connectivity index (χ0) is 18.6. The van der Waals surface area contributed by atoms with Crippen molar-refractivity contribution in [3.05, 3.63) is 56.5 Å². The molecule has 2 aromatic carbocycles. The molecular weight excluding hydrogens is 447 g/mol. The van der Waals surface area contributed by atoms with Crippen molar-refractivity contribution in [2.45, 2.75) is 20.0 Å². The first-order valence-electron chi connectivity index (χ1n) is 7.30. The molecule has 0 aliphatic carbocycles. The van der Waals surface area contributed by atoms with Gasteiger partial charge in [-0.1, -0.05) is 45.2 Å². The predicted molar refractivity (Wildman–Crippen MR) is 110 cm³/mol. The number of thiocarbonyl (C=S) groups is 1. The van der Waals surface area contributed by atoms with E-state index in [2.05, 4.69) is 26.6 Å². The maximum Gasteiger partial charge on any atom is 0.261 e. The number of halogens is 3. The Morgan fingerprint density at radius 2 is 1.84 bits per heavy atom. The van der Waals surface area contributed by atoms with E-state index in [0.717, 1.165) is 4.47 Å². The minimum Gasteiger partial charge on any atom is -0.490 e. The Bertz CT molecular complexity index is 795. The van der Waals surface area contributed by atoms with Gasteiger partial charge in [0.1, 0.15) is 5.75 Å². The van der Waals surface area contributed by atoms with E-state index in [1.807, 2.05) is 13.8 Å². The Morgan fingerprint density at radius 1 is 1.20 bits per heavy atom. The maximum absolute atomic E-state index is 12.6. The number of amides is 1. The van der Waals surface area contributed by atoms with Crippen LogP contribution in [0.25, 0.3) is 0 Å². The number of rotatable bonds is 4. The molecule has 0 saturated carbocycles. The summed E-state index contributed by atoms with van der Waals surface area (Å²) in [5.41, 5.74) is 0.793. The van der Waals surface area contributed by atoms with Crippen molar-refractivity contribution in [1.82, 2.24) is 5.32 Å². The third-order valence-electron chi connectivity index (χ3n) is 2.98. The van der Waals surface area contributed by atoms with Gasteiger partial charge in [-0.05, 0) is 56.4 Å². The molecule has 0 spiro atoms. The molecule has 4 nitrogen and oxygen atoms in total. The lowest BCUT2D eigenvalue weighted by atomic mass is 10.2. The van der Waals surface area contributed by atoms with Gasteiger partial charge in [-0.15, -0.1) is 0 Å². The Balaban J connectivity index is 2.16. The number of anilines is 1. The summed E-state index contributed by atoms with van der Waals surface area (Å²) in [6.07, 6.45) is -0.0697. The van der Waals surface area contributed by atoms with Gasteiger partial charge in [0.2, 0.25) is 0 Å². The average molecular weight is 462 g/mol. The van der Waals surface area contributed by atoms with Crippen molar-refractivity contribution < 1.29 is 9.53 Å². The fourth-order valence-corrected chi connectivity index (χ4v) is 3.02. The molecule has 1 amide bonds. The second kappa shape index (κ2) is 8.85. The van der Waals surface area contributed by atoms with Crippen LogP contribution in [0.4, 0.5) is 5.69 Å². The highest BCUT2D eigenvalue weighted by atomic mass is 79.9. The van der Waals surface area contributed by atoms with Crippen LogP contribution >= 0.6 is 51.3 Å². The monoisotopic (exact) mass is 460 g/mol. The van der Waals surface area contributed by atoms with Crippen LogP contribution in [0.1, 0.15) is 24.2 Å². The topological polar surface area (TPSA) is 50.4 Å². The molecule has 0 bridgehead atoms. The van der Waals surface area contributed by atoms with Crippen LogP contribution in [0, 0.1) is 0 Å². The summed E-state index contributed by atoms with van der Waals surface area (Å²) >= 11 is 20.7. The van der Waals surface area contributed by atoms with Crippen LogP contribution in [0.2, 0.25) is 10.0 Å². The van der Waals surface area contributed by atoms with Gasteiger partial charge < -0.3 is 10.1 Å². The normalized spacial score (nSPS) is 10.5. The molecule has 0 aliphatic rings. The first kappa shape index (κ1) is 20.0. The highest BCUT2D eigenvalue weighted by Gasteiger charge is 2.16. The Hall–Kier alpha value is -1.34. The van der Waals surface area contributed by atoms with Gasteiger partial charge in [-0.25, -0.2) is 0 Å². The zero-order valence-electron chi connectivity index (χ0n) is 13.4. The fourth-order valence-electron chi connectivity index (χ4n) is 1.97. The summed E-state index contributed by atoms with van der Waals surface area (Å²) in [6.45, 7) is 3.77. The van der Waals surface area contributed by atoms with E-state index in [1.165, 1.54) is 0 Å². The molecule has 0 heterocycles. The molecule has 2 rings (SSSR count). The molecule has 0 aromatic heterocycles. The van der Waals surface area contributed by atoms with Gasteiger partial charge in [0.25, 0.3) is 5.91 Å². The first-order valence-corrected chi connectivity index (χ1v) is 9.26. The quantitative estimate of drug-likeness (QED) is 0.576. The van der Waals surface area contributed by atoms with E-state index in [0.29, 0.717) is 27.0 Å². The Kier molecular flexibility index (Phi) is 7.07. The van der Waals surface area contributed by atoms with E-state index in [4.69, 9.17) is 40.2 Å². The van der Waals surface area contributed by atoms with Gasteiger partial charge in [-0.2, -0.15) is 0 Å². The lowest BCUT2D eigenvalue weighted by molar-refractivity contribution is 0.0972. The molecule has 0 aliphatic heterocycles. The highest BCUT2D eigenvalue weighted by molar-refractivity contribution is 9.10. The molecule has 132 valence electrons. The summed E-state index contributed by atoms with van der Waals surface area (Å²) in [5.74, 6) is 0.0619. The fraction of sp³-hybridized carbons (Fsp3) is 0.176. The zero-order valence-corrected chi connectivity index (χ0v) is 17.3. The lowest BCUT2D eigenvalue weighted by Gasteiger charge is -2.16. The van der Waals surface area contributed by atoms with Crippen molar-refractivity contribution in [2.75, 3.05) is 5.32 Å². The number of carbonyl (C=O) groups excluding carboxylic acids is 1. The highest BCUT2D eigenvalue weighted by Crippen LogP contribution is 2.30. The van der Waals surface area contributed by atoms with Crippen LogP contribution < -0.4 is 15.4 Å². The molecule has 8 heteroatoms. The van der Waals surface area contributed by atoms with Crippen LogP contribution in [0.5, 0.6) is 5.75 Å². The van der Waals surface area contributed by atoms with Gasteiger partial charge >= 0.3 is 0 Å². The van der Waals surface area contributed by atoms with Crippen molar-refractivity contribution in [3.8, 4) is 5.75 Å². The summed E-state index contributed by atoms with van der Waals surface area (Å²) in [5, 5.41) is 6.32. The van der Waals surface area contributed by atoms with E-state index in [9.17, 15) is 4.79 Å². The molecule has 2 N–H and O–H groups in total. The van der Waals surface area contributed by atoms with Crippen LogP contribution in [0.15, 0.2) is 40.9 Å². The summed E-state index contributed by atoms with van der Waals surface area (Å²) in [6, 6.07) is 10.2. The third-order valence-corrected chi connectivity index (χ3v) is 4.30. The van der Waals surface area contributed by atoms with Gasteiger partial charge in [0, 0.05) is 4.47 Å². The molecular formula is C17H15BrCl2N2O2S. The third kappa shape index (κ3) is 5.57. The first-order chi connectivity index (χ1) is 11.8. The van der Waals surface area contributed by atoms with Crippen molar-refractivity contribution in [2.24, 2.45) is 0 Å². The maximum atomic E-state index is 12.6. The van der Waals surface area contributed by atoms with Crippen LogP contribution in [-0.2, 0) is 0 Å². The Morgan fingerprint density at radius 3 is 2.44 bits per heavy atom. The van der Waals surface area contributed by atoms with Gasteiger partial charge in [-0.3, -0.25) is 10.1 Å². The van der Waals surface area contributed by atoms with Crippen LogP contribution in [-0.4, -0.2) is 17.1 Å². The summed E-state index contributed by atoms with van der Waals surface area (Å²) in [7, 11) is 0. The minimum atomic E-state index is -0.405. The Labute approximate surface area is 170 Å². The molecule has 0 fully saturated rings. The average Bonchev–Trinajstić information content (AvgIpc) is 2.52. The van der Waals surface area contributed by atoms with Crippen molar-refractivity contribution in [3.63, 3.8) is 0 Å². The van der Waals surface area contributed by atoms with Crippen molar-refractivity contribution in [1.29, 1.82) is 0 Å². The number of hydrogen-bond donors (Lipinski definition) is 2. The number of benzene rings is 2. The number of para-hydroxylation sites is 1. The molecule has 0 atom stereocenters. The number of nitrogens with one attached hydrogen (secondary N) is 2. The second-order valence-electron chi connectivity index (χ2n) is 5.31. The largest absolute Gasteiger partial charge is 0.490 e. The molecule has 0 unspecified atom stereocenters. The van der Waals surface area contributed by atoms with E-state index in [1.54, 1.807) is 36.4 Å². The lowest BCUT2D eigenvalue weighted by Crippen LogP contribution is -2.34. The van der Waals surface area contributed by atoms with Gasteiger partial charge in [0.05, 0.1) is 27.4 Å². The number of carbonyl (C=O) groups is 1. The SMILES string of the molecule is CC(C)Oc1ccc(Br)cc1C(=O)NC(=S)Nc1c(Cl)cccc1Cl. The standard InChI is InChI=1S/C17H15BrCl2N2O2S/c1-9(2)24-14-7-6-10(18)8-11(14)16(23)22-17(25)21-15-12(19)4-3-5-13(15)20/h3-9H,1-2H3,(H2,21,22,23,25). The summed E-state index contributed by atoms with van der Waals surface area (Å²) in [4.78, 5) is 12.6.